The maximum atomic E-state index is 11.8. The molecule has 0 saturated heterocycles. The van der Waals surface area contributed by atoms with Gasteiger partial charge in [-0.05, 0) is 49.2 Å². The summed E-state index contributed by atoms with van der Waals surface area (Å²) in [6.07, 6.45) is 0. The predicted octanol–water partition coefficient (Wildman–Crippen LogP) is 3.68. The van der Waals surface area contributed by atoms with E-state index in [-0.39, 0.29) is 12.5 Å². The molecule has 0 aromatic heterocycles. The Hall–Kier alpha value is -2.14. The van der Waals surface area contributed by atoms with Gasteiger partial charge in [-0.2, -0.15) is 5.10 Å². The molecule has 0 aliphatic heterocycles. The molecular weight excluding hydrogens is 344 g/mol. The SMILES string of the molecule is C/C(=N/NC(=O)COc1cccc(C)c1)c1cccc(Br)c1. The van der Waals surface area contributed by atoms with Crippen LogP contribution in [-0.4, -0.2) is 18.2 Å². The van der Waals surface area contributed by atoms with E-state index in [1.165, 1.54) is 0 Å². The summed E-state index contributed by atoms with van der Waals surface area (Å²) in [4.78, 5) is 11.8. The Labute approximate surface area is 138 Å². The average molecular weight is 361 g/mol. The third-order valence-electron chi connectivity index (χ3n) is 2.95. The Morgan fingerprint density at radius 2 is 2.00 bits per heavy atom. The number of carbonyl (C=O) groups is 1. The molecule has 2 aromatic rings. The predicted molar refractivity (Wildman–Crippen MR) is 91.2 cm³/mol. The molecule has 0 bridgehead atoms. The second-order valence-electron chi connectivity index (χ2n) is 4.85. The Morgan fingerprint density at radius 1 is 1.23 bits per heavy atom. The molecule has 2 rings (SSSR count). The fourth-order valence-electron chi connectivity index (χ4n) is 1.81. The van der Waals surface area contributed by atoms with Crippen molar-refractivity contribution in [1.82, 2.24) is 5.43 Å². The molecule has 0 aliphatic carbocycles. The van der Waals surface area contributed by atoms with Gasteiger partial charge in [-0.25, -0.2) is 5.43 Å². The second kappa shape index (κ2) is 7.75. The number of hydrogen-bond donors (Lipinski definition) is 1. The largest absolute Gasteiger partial charge is 0.484 e. The van der Waals surface area contributed by atoms with Gasteiger partial charge in [0.15, 0.2) is 6.61 Å². The molecular formula is C17H17BrN2O2. The average Bonchev–Trinajstić information content (AvgIpc) is 2.50. The first-order valence-electron chi connectivity index (χ1n) is 6.83. The second-order valence-corrected chi connectivity index (χ2v) is 5.76. The van der Waals surface area contributed by atoms with E-state index in [0.29, 0.717) is 5.75 Å². The number of carbonyl (C=O) groups excluding carboxylic acids is 1. The Balaban J connectivity index is 1.88. The number of aryl methyl sites for hydroxylation is 1. The van der Waals surface area contributed by atoms with Gasteiger partial charge in [0.05, 0.1) is 5.71 Å². The lowest BCUT2D eigenvalue weighted by Crippen LogP contribution is -2.25. The van der Waals surface area contributed by atoms with Crippen LogP contribution in [0.4, 0.5) is 0 Å². The van der Waals surface area contributed by atoms with Crippen LogP contribution in [0.2, 0.25) is 0 Å². The van der Waals surface area contributed by atoms with Gasteiger partial charge in [0.25, 0.3) is 5.91 Å². The van der Waals surface area contributed by atoms with Crippen LogP contribution in [0.1, 0.15) is 18.1 Å². The summed E-state index contributed by atoms with van der Waals surface area (Å²) in [5.41, 5.74) is 5.24. The molecule has 114 valence electrons. The van der Waals surface area contributed by atoms with Gasteiger partial charge in [0, 0.05) is 4.47 Å². The van der Waals surface area contributed by atoms with E-state index < -0.39 is 0 Å². The Kier molecular flexibility index (Phi) is 5.72. The first kappa shape index (κ1) is 16.2. The number of rotatable bonds is 5. The van der Waals surface area contributed by atoms with E-state index in [0.717, 1.165) is 21.3 Å². The molecule has 4 nitrogen and oxygen atoms in total. The molecule has 0 saturated carbocycles. The topological polar surface area (TPSA) is 50.7 Å². The van der Waals surface area contributed by atoms with E-state index in [1.807, 2.05) is 62.4 Å². The highest BCUT2D eigenvalue weighted by Crippen LogP contribution is 2.13. The van der Waals surface area contributed by atoms with Crippen molar-refractivity contribution in [2.24, 2.45) is 5.10 Å². The number of hydrogen-bond acceptors (Lipinski definition) is 3. The van der Waals surface area contributed by atoms with Crippen molar-refractivity contribution in [3.8, 4) is 5.75 Å². The zero-order chi connectivity index (χ0) is 15.9. The maximum Gasteiger partial charge on any atom is 0.277 e. The number of amides is 1. The highest BCUT2D eigenvalue weighted by Gasteiger charge is 2.03. The minimum atomic E-state index is -0.296. The van der Waals surface area contributed by atoms with Crippen LogP contribution in [0.3, 0.4) is 0 Å². The third-order valence-corrected chi connectivity index (χ3v) is 3.44. The van der Waals surface area contributed by atoms with Crippen LogP contribution in [0, 0.1) is 6.92 Å². The van der Waals surface area contributed by atoms with Gasteiger partial charge in [0.1, 0.15) is 5.75 Å². The molecule has 0 spiro atoms. The lowest BCUT2D eigenvalue weighted by Gasteiger charge is -2.06. The molecule has 0 aliphatic rings. The summed E-state index contributed by atoms with van der Waals surface area (Å²) in [5.74, 6) is 0.374. The number of benzene rings is 2. The quantitative estimate of drug-likeness (QED) is 0.653. The van der Waals surface area contributed by atoms with E-state index >= 15 is 0 Å². The Morgan fingerprint density at radius 3 is 2.73 bits per heavy atom. The molecule has 1 N–H and O–H groups in total. The van der Waals surface area contributed by atoms with Gasteiger partial charge < -0.3 is 4.74 Å². The number of nitrogens with zero attached hydrogens (tertiary/aromatic N) is 1. The van der Waals surface area contributed by atoms with Gasteiger partial charge >= 0.3 is 0 Å². The van der Waals surface area contributed by atoms with Crippen LogP contribution in [-0.2, 0) is 4.79 Å². The van der Waals surface area contributed by atoms with Gasteiger partial charge in [-0.15, -0.1) is 0 Å². The van der Waals surface area contributed by atoms with Crippen molar-refractivity contribution < 1.29 is 9.53 Å². The van der Waals surface area contributed by atoms with Crippen molar-refractivity contribution in [3.05, 3.63) is 64.1 Å². The highest BCUT2D eigenvalue weighted by atomic mass is 79.9. The zero-order valence-corrected chi connectivity index (χ0v) is 14.1. The van der Waals surface area contributed by atoms with Crippen LogP contribution in [0.25, 0.3) is 0 Å². The van der Waals surface area contributed by atoms with Gasteiger partial charge in [-0.3, -0.25) is 4.79 Å². The van der Waals surface area contributed by atoms with E-state index in [1.54, 1.807) is 0 Å². The summed E-state index contributed by atoms with van der Waals surface area (Å²) >= 11 is 3.40. The summed E-state index contributed by atoms with van der Waals surface area (Å²) < 4.78 is 6.38. The summed E-state index contributed by atoms with van der Waals surface area (Å²) in [6.45, 7) is 3.74. The van der Waals surface area contributed by atoms with Crippen LogP contribution in [0.5, 0.6) is 5.75 Å². The number of halogens is 1. The molecule has 0 fully saturated rings. The van der Waals surface area contributed by atoms with Gasteiger partial charge in [-0.1, -0.05) is 40.2 Å². The molecule has 0 unspecified atom stereocenters. The molecule has 0 atom stereocenters. The third kappa shape index (κ3) is 5.00. The zero-order valence-electron chi connectivity index (χ0n) is 12.5. The first-order chi connectivity index (χ1) is 10.5. The molecule has 1 amide bonds. The van der Waals surface area contributed by atoms with Gasteiger partial charge in [0.2, 0.25) is 0 Å². The molecule has 5 heteroatoms. The van der Waals surface area contributed by atoms with E-state index in [2.05, 4.69) is 26.5 Å². The van der Waals surface area contributed by atoms with Crippen molar-refractivity contribution in [2.75, 3.05) is 6.61 Å². The monoisotopic (exact) mass is 360 g/mol. The fraction of sp³-hybridized carbons (Fsp3) is 0.176. The van der Waals surface area contributed by atoms with Crippen LogP contribution < -0.4 is 10.2 Å². The molecule has 0 radical (unpaired) electrons. The molecule has 0 heterocycles. The van der Waals surface area contributed by atoms with Crippen LogP contribution in [0.15, 0.2) is 58.1 Å². The normalized spacial score (nSPS) is 11.1. The fourth-order valence-corrected chi connectivity index (χ4v) is 2.21. The van der Waals surface area contributed by atoms with Crippen molar-refractivity contribution >= 4 is 27.5 Å². The number of hydrazone groups is 1. The lowest BCUT2D eigenvalue weighted by atomic mass is 10.1. The van der Waals surface area contributed by atoms with Crippen molar-refractivity contribution in [1.29, 1.82) is 0 Å². The minimum Gasteiger partial charge on any atom is -0.484 e. The molecule has 22 heavy (non-hydrogen) atoms. The van der Waals surface area contributed by atoms with E-state index in [9.17, 15) is 4.79 Å². The summed E-state index contributed by atoms with van der Waals surface area (Å²) in [5, 5.41) is 4.08. The number of ether oxygens (including phenoxy) is 1. The van der Waals surface area contributed by atoms with E-state index in [4.69, 9.17) is 4.74 Å². The minimum absolute atomic E-state index is 0.0707. The van der Waals surface area contributed by atoms with Crippen molar-refractivity contribution in [3.63, 3.8) is 0 Å². The molecule has 2 aromatic carbocycles. The standard InChI is InChI=1S/C17H17BrN2O2/c1-12-5-3-8-16(9-12)22-11-17(21)20-19-13(2)14-6-4-7-15(18)10-14/h3-10H,11H2,1-2H3,(H,20,21)/b19-13-. The highest BCUT2D eigenvalue weighted by molar-refractivity contribution is 9.10. The lowest BCUT2D eigenvalue weighted by molar-refractivity contribution is -0.123. The summed E-state index contributed by atoms with van der Waals surface area (Å²) in [6, 6.07) is 15.3. The smallest absolute Gasteiger partial charge is 0.277 e. The maximum absolute atomic E-state index is 11.8. The number of nitrogens with one attached hydrogen (secondary N) is 1. The first-order valence-corrected chi connectivity index (χ1v) is 7.62. The van der Waals surface area contributed by atoms with Crippen LogP contribution >= 0.6 is 15.9 Å². The Bertz CT molecular complexity index is 699. The van der Waals surface area contributed by atoms with Crippen molar-refractivity contribution in [2.45, 2.75) is 13.8 Å². The summed E-state index contributed by atoms with van der Waals surface area (Å²) in [7, 11) is 0.